The van der Waals surface area contributed by atoms with E-state index in [1.807, 2.05) is 11.9 Å². The van der Waals surface area contributed by atoms with E-state index in [1.165, 1.54) is 38.4 Å². The third-order valence-corrected chi connectivity index (χ3v) is 11.4. The second-order valence-corrected chi connectivity index (χ2v) is 14.0. The number of rotatable bonds is 3. The van der Waals surface area contributed by atoms with Crippen molar-refractivity contribution in [1.82, 2.24) is 4.90 Å². The van der Waals surface area contributed by atoms with Crippen molar-refractivity contribution < 1.29 is 17.9 Å². The monoisotopic (exact) mass is 473 g/mol. The normalized spacial score (nSPS) is 42.9. The lowest BCUT2D eigenvalue weighted by Crippen LogP contribution is -2.69. The van der Waals surface area contributed by atoms with Gasteiger partial charge >= 0.3 is 0 Å². The zero-order chi connectivity index (χ0) is 23.8. The fraction of sp³-hybridized carbons (Fsp3) is 0.741. The van der Waals surface area contributed by atoms with E-state index in [0.29, 0.717) is 40.2 Å². The van der Waals surface area contributed by atoms with Crippen molar-refractivity contribution in [3.63, 3.8) is 0 Å². The van der Waals surface area contributed by atoms with E-state index in [4.69, 9.17) is 4.74 Å². The highest BCUT2D eigenvalue weighted by atomic mass is 32.2. The van der Waals surface area contributed by atoms with Gasteiger partial charge in [-0.05, 0) is 90.9 Å². The molecule has 0 radical (unpaired) electrons. The molecular weight excluding hydrogens is 434 g/mol. The summed E-state index contributed by atoms with van der Waals surface area (Å²) >= 11 is 0. The zero-order valence-corrected chi connectivity index (χ0v) is 21.5. The Morgan fingerprint density at radius 2 is 1.73 bits per heavy atom. The van der Waals surface area contributed by atoms with Crippen LogP contribution in [0, 0.1) is 34.5 Å². The molecular formula is C27H39NO4S. The van der Waals surface area contributed by atoms with E-state index in [1.54, 1.807) is 24.3 Å². The molecule has 1 aliphatic heterocycles. The highest BCUT2D eigenvalue weighted by Crippen LogP contribution is 2.66. The van der Waals surface area contributed by atoms with E-state index < -0.39 is 9.84 Å². The predicted molar refractivity (Wildman–Crippen MR) is 129 cm³/mol. The Labute approximate surface area is 199 Å². The van der Waals surface area contributed by atoms with Gasteiger partial charge in [-0.15, -0.1) is 0 Å². The van der Waals surface area contributed by atoms with Crippen molar-refractivity contribution in [2.24, 2.45) is 34.5 Å². The molecule has 0 bridgehead atoms. The summed E-state index contributed by atoms with van der Waals surface area (Å²) < 4.78 is 30.5. The van der Waals surface area contributed by atoms with E-state index in [2.05, 4.69) is 20.8 Å². The average molecular weight is 474 g/mol. The van der Waals surface area contributed by atoms with Gasteiger partial charge in [-0.2, -0.15) is 0 Å². The average Bonchev–Trinajstić information content (AvgIpc) is 3.15. The third-order valence-electron chi connectivity index (χ3n) is 10.3. The van der Waals surface area contributed by atoms with Crippen molar-refractivity contribution >= 4 is 15.7 Å². The first kappa shape index (κ1) is 23.2. The maximum absolute atomic E-state index is 12.8. The maximum Gasteiger partial charge on any atom is 0.222 e. The summed E-state index contributed by atoms with van der Waals surface area (Å²) in [6.07, 6.45) is 9.23. The lowest BCUT2D eigenvalue weighted by molar-refractivity contribution is -0.191. The van der Waals surface area contributed by atoms with Crippen LogP contribution in [-0.4, -0.2) is 44.7 Å². The first-order chi connectivity index (χ1) is 15.5. The summed E-state index contributed by atoms with van der Waals surface area (Å²) in [5.74, 6) is 3.19. The van der Waals surface area contributed by atoms with Crippen LogP contribution in [0.1, 0.15) is 65.7 Å². The van der Waals surface area contributed by atoms with Crippen LogP contribution in [0.2, 0.25) is 0 Å². The third kappa shape index (κ3) is 3.54. The van der Waals surface area contributed by atoms with Crippen molar-refractivity contribution in [3.05, 3.63) is 24.3 Å². The van der Waals surface area contributed by atoms with Gasteiger partial charge in [0, 0.05) is 19.7 Å². The van der Waals surface area contributed by atoms with Gasteiger partial charge in [-0.1, -0.05) is 27.2 Å². The minimum atomic E-state index is -3.25. The molecule has 1 heterocycles. The molecule has 182 valence electrons. The number of sulfone groups is 1. The van der Waals surface area contributed by atoms with Crippen molar-refractivity contribution in [3.8, 4) is 5.75 Å². The molecule has 5 rings (SSSR count). The van der Waals surface area contributed by atoms with E-state index in [-0.39, 0.29) is 23.5 Å². The molecule has 0 spiro atoms. The number of fused-ring (bicyclic) bond motifs is 5. The van der Waals surface area contributed by atoms with Gasteiger partial charge in [0.05, 0.1) is 10.9 Å². The Balaban J connectivity index is 1.54. The second kappa shape index (κ2) is 7.73. The van der Waals surface area contributed by atoms with Gasteiger partial charge < -0.3 is 9.64 Å². The first-order valence-corrected chi connectivity index (χ1v) is 14.6. The summed E-state index contributed by atoms with van der Waals surface area (Å²) in [6.45, 7) is 7.28. The molecule has 6 heteroatoms. The number of nitrogens with zero attached hydrogens (tertiary/aromatic N) is 1. The predicted octanol–water partition coefficient (Wildman–Crippen LogP) is 4.95. The molecule has 33 heavy (non-hydrogen) atoms. The molecule has 1 aromatic carbocycles. The molecule has 1 saturated heterocycles. The summed E-state index contributed by atoms with van der Waals surface area (Å²) in [6, 6.07) is 6.85. The number of piperidine rings is 1. The molecule has 0 N–H and O–H groups in total. The Morgan fingerprint density at radius 1 is 1.03 bits per heavy atom. The fourth-order valence-corrected chi connectivity index (χ4v) is 9.22. The Kier molecular flexibility index (Phi) is 5.43. The molecule has 1 amide bonds. The van der Waals surface area contributed by atoms with Crippen LogP contribution < -0.4 is 4.74 Å². The topological polar surface area (TPSA) is 63.7 Å². The minimum Gasteiger partial charge on any atom is -0.488 e. The summed E-state index contributed by atoms with van der Waals surface area (Å²) in [5.41, 5.74) is 0.484. The van der Waals surface area contributed by atoms with Gasteiger partial charge in [0.1, 0.15) is 11.9 Å². The van der Waals surface area contributed by atoms with Crippen LogP contribution in [0.5, 0.6) is 5.75 Å². The van der Waals surface area contributed by atoms with Crippen LogP contribution in [0.3, 0.4) is 0 Å². The van der Waals surface area contributed by atoms with Gasteiger partial charge in [0.2, 0.25) is 5.91 Å². The molecule has 3 aliphatic carbocycles. The van der Waals surface area contributed by atoms with E-state index in [9.17, 15) is 13.2 Å². The highest BCUT2D eigenvalue weighted by molar-refractivity contribution is 7.90. The quantitative estimate of drug-likeness (QED) is 0.623. The number of amides is 1. The van der Waals surface area contributed by atoms with Crippen LogP contribution in [0.15, 0.2) is 29.2 Å². The summed E-state index contributed by atoms with van der Waals surface area (Å²) in [7, 11) is -1.29. The van der Waals surface area contributed by atoms with Crippen molar-refractivity contribution in [2.45, 2.75) is 82.8 Å². The van der Waals surface area contributed by atoms with Gasteiger partial charge in [-0.3, -0.25) is 4.79 Å². The summed E-state index contributed by atoms with van der Waals surface area (Å²) in [4.78, 5) is 15.1. The number of benzene rings is 1. The highest BCUT2D eigenvalue weighted by Gasteiger charge is 2.64. The maximum atomic E-state index is 12.8. The molecule has 0 unspecified atom stereocenters. The number of likely N-dealkylation sites (N-methyl/N-ethyl adjacent to an activating group) is 1. The molecule has 4 aliphatic rings. The Hall–Kier alpha value is -1.56. The van der Waals surface area contributed by atoms with Gasteiger partial charge in [0.25, 0.3) is 0 Å². The molecule has 5 nitrogen and oxygen atoms in total. The second-order valence-electron chi connectivity index (χ2n) is 12.0. The number of ether oxygens (including phenoxy) is 1. The van der Waals surface area contributed by atoms with Gasteiger partial charge in [-0.25, -0.2) is 8.42 Å². The molecule has 1 aromatic rings. The molecule has 8 atom stereocenters. The lowest BCUT2D eigenvalue weighted by Gasteiger charge is -2.65. The lowest BCUT2D eigenvalue weighted by atomic mass is 9.44. The van der Waals surface area contributed by atoms with Crippen molar-refractivity contribution in [2.75, 3.05) is 13.3 Å². The van der Waals surface area contributed by atoms with Crippen molar-refractivity contribution in [1.29, 1.82) is 0 Å². The van der Waals surface area contributed by atoms with Crippen LogP contribution in [0.25, 0.3) is 0 Å². The van der Waals surface area contributed by atoms with Crippen LogP contribution >= 0.6 is 0 Å². The van der Waals surface area contributed by atoms with E-state index in [0.717, 1.165) is 12.3 Å². The Bertz CT molecular complexity index is 1040. The summed E-state index contributed by atoms with van der Waals surface area (Å²) in [5, 5.41) is 0. The number of likely N-dealkylation sites (tertiary alicyclic amines) is 1. The van der Waals surface area contributed by atoms with Gasteiger partial charge in [0.15, 0.2) is 9.84 Å². The standard InChI is InChI=1S/C27H39NO4S/c1-17-23-20-7-6-14-26(20,2)15-12-21(23)27(3)16-13-22(29)28(4)25(27)24(17)32-18-8-10-19(11-9-18)33(5,30)31/h8-11,17,20-21,23-25H,6-7,12-16H2,1-5H3/t17-,20+,21+,23+,24-,25-,26+,27-/m1/s1. The molecule has 4 fully saturated rings. The SMILES string of the molecule is C[C@H]1[C@@H](Oc2ccc(S(C)(=O)=O)cc2)[C@H]2N(C)C(=O)CC[C@]2(C)[C@H]2CC[C@]3(C)CCC[C@H]3[C@H]12. The number of hydrogen-bond donors (Lipinski definition) is 0. The number of carbonyl (C=O) groups is 1. The smallest absolute Gasteiger partial charge is 0.222 e. The minimum absolute atomic E-state index is 0.0374. The fourth-order valence-electron chi connectivity index (χ4n) is 8.59. The Morgan fingerprint density at radius 3 is 2.39 bits per heavy atom. The first-order valence-electron chi connectivity index (χ1n) is 12.7. The van der Waals surface area contributed by atoms with Crippen LogP contribution in [-0.2, 0) is 14.6 Å². The zero-order valence-electron chi connectivity index (χ0n) is 20.7. The largest absolute Gasteiger partial charge is 0.488 e. The number of carbonyl (C=O) groups excluding carboxylic acids is 1. The van der Waals surface area contributed by atoms with E-state index >= 15 is 0 Å². The number of hydrogen-bond acceptors (Lipinski definition) is 4. The molecule has 0 aromatic heterocycles. The van der Waals surface area contributed by atoms with Crippen LogP contribution in [0.4, 0.5) is 0 Å². The molecule has 3 saturated carbocycles.